The Morgan fingerprint density at radius 3 is 1.69 bits per heavy atom. The lowest BCUT2D eigenvalue weighted by atomic mass is 10.1. The first kappa shape index (κ1) is 21.8. The molecule has 0 fully saturated rings. The number of rotatable bonds is 3. The van der Waals surface area contributed by atoms with Crippen molar-refractivity contribution in [1.82, 2.24) is 9.97 Å². The molecule has 3 aromatic rings. The highest BCUT2D eigenvalue weighted by Crippen LogP contribution is 2.30. The third kappa shape index (κ3) is 6.28. The van der Waals surface area contributed by atoms with Gasteiger partial charge >= 0.3 is 18.1 Å². The molecule has 3 rings (SSSR count). The van der Waals surface area contributed by atoms with Gasteiger partial charge in [-0.1, -0.05) is 23.7 Å². The number of nitrogens with zero attached hydrogens (tertiary/aromatic N) is 2. The van der Waals surface area contributed by atoms with Crippen molar-refractivity contribution in [2.45, 2.75) is 6.18 Å². The van der Waals surface area contributed by atoms with E-state index >= 15 is 0 Å². The minimum atomic E-state index is -4.38. The van der Waals surface area contributed by atoms with Crippen molar-refractivity contribution >= 4 is 23.5 Å². The van der Waals surface area contributed by atoms with E-state index in [9.17, 15) is 22.8 Å². The Hall–Kier alpha value is -3.46. The van der Waals surface area contributed by atoms with Crippen LogP contribution < -0.4 is 0 Å². The average Bonchev–Trinajstić information content (AvgIpc) is 2.68. The van der Waals surface area contributed by atoms with Crippen LogP contribution in [0.2, 0.25) is 5.15 Å². The van der Waals surface area contributed by atoms with Crippen LogP contribution in [-0.4, -0.2) is 32.1 Å². The largest absolute Gasteiger partial charge is 0.478 e. The molecule has 6 nitrogen and oxygen atoms in total. The number of hydrogen-bond donors (Lipinski definition) is 2. The number of halogens is 4. The van der Waals surface area contributed by atoms with Gasteiger partial charge in [0.15, 0.2) is 0 Å². The van der Waals surface area contributed by atoms with E-state index in [1.807, 2.05) is 0 Å². The number of aromatic carboxylic acids is 2. The Balaban J connectivity index is 0.000000253. The van der Waals surface area contributed by atoms with Gasteiger partial charge in [0, 0.05) is 18.0 Å². The Bertz CT molecular complexity index is 990. The summed E-state index contributed by atoms with van der Waals surface area (Å²) < 4.78 is 37.1. The maximum atomic E-state index is 12.4. The van der Waals surface area contributed by atoms with E-state index in [0.29, 0.717) is 16.4 Å². The number of benzene rings is 1. The van der Waals surface area contributed by atoms with Crippen molar-refractivity contribution in [3.63, 3.8) is 0 Å². The van der Waals surface area contributed by atoms with Crippen LogP contribution in [0.5, 0.6) is 0 Å². The molecule has 1 aromatic carbocycles. The normalized spacial score (nSPS) is 10.6. The van der Waals surface area contributed by atoms with Crippen LogP contribution in [-0.2, 0) is 6.18 Å². The predicted octanol–water partition coefficient (Wildman–Crippen LogP) is 4.90. The summed E-state index contributed by atoms with van der Waals surface area (Å²) in [4.78, 5) is 28.4. The molecule has 0 amide bonds. The zero-order valence-corrected chi connectivity index (χ0v) is 15.1. The molecule has 150 valence electrons. The number of alkyl halides is 3. The van der Waals surface area contributed by atoms with E-state index in [1.54, 1.807) is 0 Å². The Morgan fingerprint density at radius 1 is 0.793 bits per heavy atom. The van der Waals surface area contributed by atoms with Crippen LogP contribution in [0.3, 0.4) is 0 Å². The highest BCUT2D eigenvalue weighted by atomic mass is 35.5. The van der Waals surface area contributed by atoms with Gasteiger partial charge in [-0.3, -0.25) is 4.98 Å². The fraction of sp³-hybridized carbons (Fsp3) is 0.0526. The first-order valence-electron chi connectivity index (χ1n) is 7.80. The summed E-state index contributed by atoms with van der Waals surface area (Å²) >= 11 is 5.41. The second kappa shape index (κ2) is 9.16. The van der Waals surface area contributed by atoms with Gasteiger partial charge in [0.2, 0.25) is 0 Å². The minimum Gasteiger partial charge on any atom is -0.478 e. The van der Waals surface area contributed by atoms with Crippen molar-refractivity contribution in [1.29, 1.82) is 0 Å². The van der Waals surface area contributed by atoms with Gasteiger partial charge in [-0.2, -0.15) is 13.2 Å². The van der Waals surface area contributed by atoms with Crippen molar-refractivity contribution in [2.75, 3.05) is 0 Å². The molecule has 0 aliphatic heterocycles. The highest BCUT2D eigenvalue weighted by Gasteiger charge is 2.29. The van der Waals surface area contributed by atoms with Crippen LogP contribution in [0.15, 0.2) is 60.9 Å². The first-order chi connectivity index (χ1) is 13.6. The lowest BCUT2D eigenvalue weighted by Crippen LogP contribution is -2.04. The summed E-state index contributed by atoms with van der Waals surface area (Å²) in [5.41, 5.74) is 0.335. The van der Waals surface area contributed by atoms with E-state index in [0.717, 1.165) is 18.3 Å². The summed E-state index contributed by atoms with van der Waals surface area (Å²) in [6.45, 7) is 0. The summed E-state index contributed by atoms with van der Waals surface area (Å²) in [7, 11) is 0. The third-order valence-corrected chi connectivity index (χ3v) is 3.72. The molecule has 10 heteroatoms. The molecule has 0 aliphatic rings. The van der Waals surface area contributed by atoms with Crippen molar-refractivity contribution in [2.24, 2.45) is 0 Å². The van der Waals surface area contributed by atoms with Crippen LogP contribution in [0, 0.1) is 0 Å². The second-order valence-corrected chi connectivity index (χ2v) is 5.87. The van der Waals surface area contributed by atoms with E-state index in [2.05, 4.69) is 9.97 Å². The van der Waals surface area contributed by atoms with E-state index in [4.69, 9.17) is 21.8 Å². The van der Waals surface area contributed by atoms with Gasteiger partial charge in [-0.15, -0.1) is 0 Å². The first-order valence-corrected chi connectivity index (χ1v) is 8.17. The molecule has 0 saturated heterocycles. The molecule has 0 saturated carbocycles. The Kier molecular flexibility index (Phi) is 6.89. The van der Waals surface area contributed by atoms with Crippen LogP contribution in [0.25, 0.3) is 11.3 Å². The number of carboxylic acids is 2. The van der Waals surface area contributed by atoms with E-state index in [-0.39, 0.29) is 11.1 Å². The van der Waals surface area contributed by atoms with Crippen molar-refractivity contribution < 1.29 is 33.0 Å². The van der Waals surface area contributed by atoms with Crippen molar-refractivity contribution in [3.8, 4) is 11.3 Å². The van der Waals surface area contributed by atoms with Gasteiger partial charge in [0.25, 0.3) is 0 Å². The molecule has 0 radical (unpaired) electrons. The zero-order valence-electron chi connectivity index (χ0n) is 14.4. The van der Waals surface area contributed by atoms with Gasteiger partial charge in [-0.25, -0.2) is 14.6 Å². The fourth-order valence-corrected chi connectivity index (χ4v) is 2.14. The van der Waals surface area contributed by atoms with Crippen LogP contribution in [0.1, 0.15) is 26.3 Å². The summed E-state index contributed by atoms with van der Waals surface area (Å²) in [5, 5.41) is 17.4. The molecule has 0 bridgehead atoms. The summed E-state index contributed by atoms with van der Waals surface area (Å²) in [6.07, 6.45) is -2.00. The average molecular weight is 425 g/mol. The molecule has 2 aromatic heterocycles. The lowest BCUT2D eigenvalue weighted by molar-refractivity contribution is -0.137. The molecule has 0 aliphatic carbocycles. The van der Waals surface area contributed by atoms with E-state index in [1.165, 1.54) is 42.6 Å². The second-order valence-electron chi connectivity index (χ2n) is 5.49. The molecule has 2 heterocycles. The quantitative estimate of drug-likeness (QED) is 0.580. The molecule has 0 spiro atoms. The fourth-order valence-electron chi connectivity index (χ4n) is 2.02. The molecule has 29 heavy (non-hydrogen) atoms. The molecule has 2 N–H and O–H groups in total. The summed E-state index contributed by atoms with van der Waals surface area (Å²) in [6, 6.07) is 10.2. The Morgan fingerprint density at radius 2 is 1.31 bits per heavy atom. The number of carboxylic acid groups (broad SMARTS) is 2. The number of pyridine rings is 2. The van der Waals surface area contributed by atoms with Gasteiger partial charge in [0.05, 0.1) is 22.4 Å². The van der Waals surface area contributed by atoms with Gasteiger partial charge in [-0.05, 0) is 36.4 Å². The molecular formula is C19H12ClF3N2O4. The van der Waals surface area contributed by atoms with Gasteiger partial charge < -0.3 is 10.2 Å². The van der Waals surface area contributed by atoms with Crippen LogP contribution >= 0.6 is 11.6 Å². The smallest absolute Gasteiger partial charge is 0.416 e. The third-order valence-electron chi connectivity index (χ3n) is 3.49. The molecule has 0 unspecified atom stereocenters. The number of carbonyl (C=O) groups is 2. The monoisotopic (exact) mass is 424 g/mol. The zero-order chi connectivity index (χ0) is 21.6. The van der Waals surface area contributed by atoms with Crippen molar-refractivity contribution in [3.05, 3.63) is 82.8 Å². The SMILES string of the molecule is O=C(O)c1ccc(-c2ccc(C(F)(F)F)cc2)nc1.O=C(O)c1ccc(Cl)nc1. The van der Waals surface area contributed by atoms with Gasteiger partial charge in [0.1, 0.15) is 5.15 Å². The Labute approximate surface area is 167 Å². The predicted molar refractivity (Wildman–Crippen MR) is 97.8 cm³/mol. The maximum Gasteiger partial charge on any atom is 0.416 e. The lowest BCUT2D eigenvalue weighted by Gasteiger charge is -2.07. The molecule has 0 atom stereocenters. The van der Waals surface area contributed by atoms with E-state index < -0.39 is 23.7 Å². The number of hydrogen-bond acceptors (Lipinski definition) is 4. The highest BCUT2D eigenvalue weighted by molar-refractivity contribution is 6.29. The number of aromatic nitrogens is 2. The van der Waals surface area contributed by atoms with Crippen LogP contribution in [0.4, 0.5) is 13.2 Å². The maximum absolute atomic E-state index is 12.4. The topological polar surface area (TPSA) is 100 Å². The summed E-state index contributed by atoms with van der Waals surface area (Å²) in [5.74, 6) is -2.10. The standard InChI is InChI=1S/C13H8F3NO2.C6H4ClNO2/c14-13(15,16)10-4-1-8(2-5-10)11-6-3-9(7-17-11)12(18)19;7-5-2-1-4(3-8-5)6(9)10/h1-7H,(H,18,19);1-3H,(H,9,10). The molecular weight excluding hydrogens is 413 g/mol. The minimum absolute atomic E-state index is 0.0238.